The highest BCUT2D eigenvalue weighted by Gasteiger charge is 2.20. The van der Waals surface area contributed by atoms with Gasteiger partial charge in [-0.3, -0.25) is 0 Å². The standard InChI is InChI=1S/C42H26O/c1-2-13-27(14-3-1)40-32-18-6-8-20-34(32)41(35-21-9-7-19-33(35)40)36-26-25-30(28-15-4-5-16-29(28)36)37-22-12-23-38-31-17-10-11-24-39(31)43-42(37)38/h1-26H/i1D,2D,3D,4D,5D,6D,7D,8D,9D,13D,14D,15D,16D,18D,19D,20D,21D,25D,26D. The predicted molar refractivity (Wildman–Crippen MR) is 183 cm³/mol. The lowest BCUT2D eigenvalue weighted by Gasteiger charge is -2.19. The molecule has 0 aliphatic carbocycles. The maximum Gasteiger partial charge on any atom is 0.143 e. The van der Waals surface area contributed by atoms with Crippen molar-refractivity contribution in [1.82, 2.24) is 0 Å². The Kier molecular flexibility index (Phi) is 2.61. The fourth-order valence-electron chi connectivity index (χ4n) is 5.77. The van der Waals surface area contributed by atoms with Gasteiger partial charge in [0.2, 0.25) is 0 Å². The van der Waals surface area contributed by atoms with Crippen LogP contribution >= 0.6 is 0 Å². The molecule has 9 aromatic rings. The third kappa shape index (κ3) is 3.58. The van der Waals surface area contributed by atoms with E-state index in [9.17, 15) is 11.0 Å². The van der Waals surface area contributed by atoms with E-state index in [2.05, 4.69) is 0 Å². The molecule has 0 N–H and O–H groups in total. The Morgan fingerprint density at radius 2 is 0.907 bits per heavy atom. The lowest BCUT2D eigenvalue weighted by Crippen LogP contribution is -1.92. The van der Waals surface area contributed by atoms with E-state index in [1.54, 1.807) is 36.4 Å². The second kappa shape index (κ2) is 9.44. The van der Waals surface area contributed by atoms with Crippen molar-refractivity contribution in [3.8, 4) is 33.4 Å². The van der Waals surface area contributed by atoms with E-state index in [1.165, 1.54) is 0 Å². The summed E-state index contributed by atoms with van der Waals surface area (Å²) in [4.78, 5) is 0. The zero-order chi connectivity index (χ0) is 44.9. The van der Waals surface area contributed by atoms with E-state index in [-0.39, 0.29) is 22.1 Å². The van der Waals surface area contributed by atoms with Gasteiger partial charge in [-0.15, -0.1) is 0 Å². The van der Waals surface area contributed by atoms with Crippen LogP contribution < -0.4 is 0 Å². The predicted octanol–water partition coefficient (Wildman–Crippen LogP) is 12.0. The highest BCUT2D eigenvalue weighted by molar-refractivity contribution is 6.24. The van der Waals surface area contributed by atoms with Crippen LogP contribution in [0, 0.1) is 0 Å². The van der Waals surface area contributed by atoms with Crippen LogP contribution in [0.3, 0.4) is 0 Å². The summed E-state index contributed by atoms with van der Waals surface area (Å²) in [6.45, 7) is 0. The maximum atomic E-state index is 9.78. The van der Waals surface area contributed by atoms with Crippen LogP contribution in [0.5, 0.6) is 0 Å². The van der Waals surface area contributed by atoms with E-state index >= 15 is 0 Å². The average molecular weight is 566 g/mol. The Balaban J connectivity index is 1.63. The molecule has 0 radical (unpaired) electrons. The third-order valence-electron chi connectivity index (χ3n) is 7.55. The minimum absolute atomic E-state index is 0.154. The molecule has 1 aromatic heterocycles. The number of hydrogen-bond acceptors (Lipinski definition) is 1. The molecule has 43 heavy (non-hydrogen) atoms. The molecule has 0 saturated carbocycles. The first kappa shape index (κ1) is 11.9. The Hall–Kier alpha value is -5.66. The van der Waals surface area contributed by atoms with Crippen molar-refractivity contribution in [3.05, 3.63) is 157 Å². The van der Waals surface area contributed by atoms with Crippen molar-refractivity contribution in [3.63, 3.8) is 0 Å². The average Bonchev–Trinajstić information content (AvgIpc) is 3.65. The normalized spacial score (nSPS) is 17.9. The minimum Gasteiger partial charge on any atom is -0.455 e. The minimum atomic E-state index is -0.868. The number of benzene rings is 8. The first-order valence-corrected chi connectivity index (χ1v) is 13.2. The molecular formula is C42H26O. The monoisotopic (exact) mass is 565 g/mol. The lowest BCUT2D eigenvalue weighted by atomic mass is 9.84. The number of hydrogen-bond donors (Lipinski definition) is 0. The topological polar surface area (TPSA) is 13.1 Å². The summed E-state index contributed by atoms with van der Waals surface area (Å²) in [6.07, 6.45) is 0. The number of para-hydroxylation sites is 2. The second-order valence-electron chi connectivity index (χ2n) is 9.78. The van der Waals surface area contributed by atoms with Crippen molar-refractivity contribution in [2.75, 3.05) is 0 Å². The van der Waals surface area contributed by atoms with Gasteiger partial charge in [-0.25, -0.2) is 0 Å². The molecule has 1 heteroatoms. The van der Waals surface area contributed by atoms with Crippen molar-refractivity contribution in [1.29, 1.82) is 0 Å². The summed E-state index contributed by atoms with van der Waals surface area (Å²) in [5, 5.41) is -1.72. The Bertz CT molecular complexity index is 3460. The molecule has 0 spiro atoms. The van der Waals surface area contributed by atoms with E-state index in [1.807, 2.05) is 6.07 Å². The largest absolute Gasteiger partial charge is 0.455 e. The summed E-state index contributed by atoms with van der Waals surface area (Å²) in [7, 11) is 0. The number of fused-ring (bicyclic) bond motifs is 6. The lowest BCUT2D eigenvalue weighted by molar-refractivity contribution is 0.670. The molecule has 0 saturated heterocycles. The highest BCUT2D eigenvalue weighted by Crippen LogP contribution is 2.47. The zero-order valence-electron chi connectivity index (χ0n) is 40.9. The van der Waals surface area contributed by atoms with Gasteiger partial charge < -0.3 is 4.42 Å². The smallest absolute Gasteiger partial charge is 0.143 e. The van der Waals surface area contributed by atoms with E-state index < -0.39 is 164 Å². The van der Waals surface area contributed by atoms with Gasteiger partial charge in [-0.2, -0.15) is 0 Å². The summed E-state index contributed by atoms with van der Waals surface area (Å²) >= 11 is 0. The summed E-state index contributed by atoms with van der Waals surface area (Å²) in [5.74, 6) is 0. The molecule has 0 aliphatic rings. The van der Waals surface area contributed by atoms with Gasteiger partial charge in [-0.05, 0) is 66.2 Å². The molecule has 0 aliphatic heterocycles. The molecule has 0 bridgehead atoms. The SMILES string of the molecule is [2H]c1c([2H])c([2H])c(-c2c3c([2H])c([2H])c([2H])c([2H])c3c(-c3c([2H])c([2H])c(-c4cccc5c4oc4ccccc45)c4c([2H])c([2H])c([2H])c([2H])c34)c3c([2H])c([2H])c([2H])c([2H])c23)c([2H])c1[2H]. The van der Waals surface area contributed by atoms with Crippen LogP contribution in [-0.4, -0.2) is 0 Å². The maximum absolute atomic E-state index is 9.78. The van der Waals surface area contributed by atoms with Crippen molar-refractivity contribution in [2.45, 2.75) is 0 Å². The van der Waals surface area contributed by atoms with Gasteiger partial charge in [0.1, 0.15) is 11.2 Å². The quantitative estimate of drug-likeness (QED) is 0.194. The zero-order valence-corrected chi connectivity index (χ0v) is 21.9. The van der Waals surface area contributed by atoms with E-state index in [4.69, 9.17) is 19.5 Å². The van der Waals surface area contributed by atoms with Gasteiger partial charge in [-0.1, -0.05) is 151 Å². The van der Waals surface area contributed by atoms with Crippen molar-refractivity contribution >= 4 is 54.3 Å². The molecule has 0 amide bonds. The molecule has 0 fully saturated rings. The second-order valence-corrected chi connectivity index (χ2v) is 9.78. The first-order chi connectivity index (χ1) is 29.3. The van der Waals surface area contributed by atoms with Gasteiger partial charge in [0.15, 0.2) is 0 Å². The molecule has 0 unspecified atom stereocenters. The molecule has 9 rings (SSSR count). The van der Waals surface area contributed by atoms with Crippen LogP contribution in [0.2, 0.25) is 0 Å². The molecule has 1 nitrogen and oxygen atoms in total. The molecule has 200 valence electrons. The highest BCUT2D eigenvalue weighted by atomic mass is 16.3. The molecule has 8 aromatic carbocycles. The van der Waals surface area contributed by atoms with E-state index in [0.717, 1.165) is 0 Å². The van der Waals surface area contributed by atoms with Crippen molar-refractivity contribution < 1.29 is 30.5 Å². The number of rotatable bonds is 3. The van der Waals surface area contributed by atoms with Gasteiger partial charge in [0, 0.05) is 16.3 Å². The molecule has 1 heterocycles. The summed E-state index contributed by atoms with van der Waals surface area (Å²) in [6, 6.07) is -3.36. The Morgan fingerprint density at radius 1 is 0.372 bits per heavy atom. The molecular weight excluding hydrogens is 520 g/mol. The van der Waals surface area contributed by atoms with Crippen LogP contribution in [0.4, 0.5) is 0 Å². The summed E-state index contributed by atoms with van der Waals surface area (Å²) < 4.78 is 177. The van der Waals surface area contributed by atoms with Crippen LogP contribution in [0.1, 0.15) is 26.0 Å². The van der Waals surface area contributed by atoms with Crippen LogP contribution in [0.15, 0.2) is 162 Å². The number of furan rings is 1. The van der Waals surface area contributed by atoms with Gasteiger partial charge >= 0.3 is 0 Å². The Morgan fingerprint density at radius 3 is 1.60 bits per heavy atom. The first-order valence-electron chi connectivity index (χ1n) is 22.7. The van der Waals surface area contributed by atoms with Gasteiger partial charge in [0.25, 0.3) is 0 Å². The molecule has 0 atom stereocenters. The Labute approximate surface area is 275 Å². The van der Waals surface area contributed by atoms with Crippen LogP contribution in [-0.2, 0) is 0 Å². The third-order valence-corrected chi connectivity index (χ3v) is 7.55. The fourth-order valence-corrected chi connectivity index (χ4v) is 5.77. The van der Waals surface area contributed by atoms with Crippen molar-refractivity contribution in [2.24, 2.45) is 0 Å². The summed E-state index contributed by atoms with van der Waals surface area (Å²) in [5.41, 5.74) is -1.58. The van der Waals surface area contributed by atoms with E-state index in [0.29, 0.717) is 16.4 Å². The van der Waals surface area contributed by atoms with Crippen LogP contribution in [0.25, 0.3) is 87.6 Å². The fraction of sp³-hybridized carbons (Fsp3) is 0. The van der Waals surface area contributed by atoms with Gasteiger partial charge in [0.05, 0.1) is 26.0 Å².